The first kappa shape index (κ1) is 13.8. The minimum Gasteiger partial charge on any atom is -0.493 e. The zero-order valence-corrected chi connectivity index (χ0v) is 11.1. The Hall–Kier alpha value is -2.63. The first-order valence-electron chi connectivity index (χ1n) is 6.17. The fourth-order valence-corrected chi connectivity index (χ4v) is 1.80. The number of ether oxygens (including phenoxy) is 1. The number of aromatic nitrogens is 1. The molecule has 1 aromatic heterocycles. The lowest BCUT2D eigenvalue weighted by Crippen LogP contribution is -2.07. The Balaban J connectivity index is 1.91. The molecule has 0 saturated heterocycles. The number of anilines is 1. The van der Waals surface area contributed by atoms with E-state index in [9.17, 15) is 10.1 Å². The van der Waals surface area contributed by atoms with Gasteiger partial charge in [-0.25, -0.2) is 4.98 Å². The van der Waals surface area contributed by atoms with E-state index in [1.54, 1.807) is 31.5 Å². The second-order valence-corrected chi connectivity index (χ2v) is 4.15. The van der Waals surface area contributed by atoms with E-state index < -0.39 is 4.92 Å². The van der Waals surface area contributed by atoms with Gasteiger partial charge in [0.05, 0.1) is 12.0 Å². The first-order chi connectivity index (χ1) is 9.70. The standard InChI is InChI=1S/C14H15N3O3/c1-20-13-3-2-9-15-14(13)16-10-8-11-4-6-12(7-5-11)17(18)19/h2-7,9H,8,10H2,1H3,(H,15,16). The molecule has 0 radical (unpaired) electrons. The van der Waals surface area contributed by atoms with Crippen LogP contribution in [0.15, 0.2) is 42.6 Å². The molecule has 0 aliphatic rings. The van der Waals surface area contributed by atoms with Gasteiger partial charge in [-0.2, -0.15) is 0 Å². The Labute approximate surface area is 116 Å². The van der Waals surface area contributed by atoms with Crippen LogP contribution in [0, 0.1) is 10.1 Å². The highest BCUT2D eigenvalue weighted by Gasteiger charge is 2.05. The van der Waals surface area contributed by atoms with Gasteiger partial charge in [0.2, 0.25) is 0 Å². The zero-order valence-electron chi connectivity index (χ0n) is 11.1. The monoisotopic (exact) mass is 273 g/mol. The normalized spacial score (nSPS) is 10.1. The summed E-state index contributed by atoms with van der Waals surface area (Å²) in [5, 5.41) is 13.7. The first-order valence-corrected chi connectivity index (χ1v) is 6.17. The molecule has 0 aliphatic carbocycles. The molecule has 0 amide bonds. The minimum atomic E-state index is -0.402. The molecule has 20 heavy (non-hydrogen) atoms. The van der Waals surface area contributed by atoms with E-state index in [1.807, 2.05) is 6.07 Å². The predicted octanol–water partition coefficient (Wildman–Crippen LogP) is 2.65. The molecule has 1 heterocycles. The quantitative estimate of drug-likeness (QED) is 0.646. The molecule has 6 nitrogen and oxygen atoms in total. The van der Waals surface area contributed by atoms with Crippen molar-refractivity contribution in [1.29, 1.82) is 0 Å². The van der Waals surface area contributed by atoms with E-state index in [0.29, 0.717) is 18.1 Å². The lowest BCUT2D eigenvalue weighted by molar-refractivity contribution is -0.384. The summed E-state index contributed by atoms with van der Waals surface area (Å²) >= 11 is 0. The molecular weight excluding hydrogens is 258 g/mol. The number of rotatable bonds is 6. The van der Waals surface area contributed by atoms with E-state index >= 15 is 0 Å². The molecule has 1 N–H and O–H groups in total. The zero-order chi connectivity index (χ0) is 14.4. The summed E-state index contributed by atoms with van der Waals surface area (Å²) in [6, 6.07) is 10.2. The maximum atomic E-state index is 10.6. The summed E-state index contributed by atoms with van der Waals surface area (Å²) in [5.41, 5.74) is 1.13. The summed E-state index contributed by atoms with van der Waals surface area (Å²) in [6.45, 7) is 0.672. The molecule has 2 rings (SSSR count). The number of nitrogens with zero attached hydrogens (tertiary/aromatic N) is 2. The van der Waals surface area contributed by atoms with Gasteiger partial charge >= 0.3 is 0 Å². The van der Waals surface area contributed by atoms with E-state index in [-0.39, 0.29) is 5.69 Å². The van der Waals surface area contributed by atoms with Crippen LogP contribution in [0.5, 0.6) is 5.75 Å². The van der Waals surface area contributed by atoms with E-state index in [0.717, 1.165) is 12.0 Å². The van der Waals surface area contributed by atoms with Gasteiger partial charge in [-0.05, 0) is 24.1 Å². The summed E-state index contributed by atoms with van der Waals surface area (Å²) < 4.78 is 5.19. The second-order valence-electron chi connectivity index (χ2n) is 4.15. The van der Waals surface area contributed by atoms with Gasteiger partial charge in [0.25, 0.3) is 5.69 Å². The molecule has 104 valence electrons. The fraction of sp³-hybridized carbons (Fsp3) is 0.214. The topological polar surface area (TPSA) is 77.3 Å². The average Bonchev–Trinajstić information content (AvgIpc) is 2.48. The van der Waals surface area contributed by atoms with E-state index in [2.05, 4.69) is 10.3 Å². The van der Waals surface area contributed by atoms with Gasteiger partial charge in [0, 0.05) is 24.9 Å². The molecule has 0 unspecified atom stereocenters. The summed E-state index contributed by atoms with van der Waals surface area (Å²) in [5.74, 6) is 1.38. The van der Waals surface area contributed by atoms with Crippen LogP contribution in [0.3, 0.4) is 0 Å². The number of non-ortho nitro benzene ring substituents is 1. The van der Waals surface area contributed by atoms with Crippen molar-refractivity contribution in [3.8, 4) is 5.75 Å². The van der Waals surface area contributed by atoms with Crippen molar-refractivity contribution in [2.75, 3.05) is 19.0 Å². The lowest BCUT2D eigenvalue weighted by Gasteiger charge is -2.09. The van der Waals surface area contributed by atoms with Crippen molar-refractivity contribution in [3.63, 3.8) is 0 Å². The third-order valence-corrected chi connectivity index (χ3v) is 2.84. The molecule has 2 aromatic rings. The van der Waals surface area contributed by atoms with Crippen molar-refractivity contribution in [3.05, 3.63) is 58.3 Å². The number of pyridine rings is 1. The van der Waals surface area contributed by atoms with Crippen LogP contribution in [0.4, 0.5) is 11.5 Å². The van der Waals surface area contributed by atoms with Gasteiger partial charge < -0.3 is 10.1 Å². The lowest BCUT2D eigenvalue weighted by atomic mass is 10.1. The predicted molar refractivity (Wildman–Crippen MR) is 76.1 cm³/mol. The van der Waals surface area contributed by atoms with Crippen molar-refractivity contribution in [1.82, 2.24) is 4.98 Å². The van der Waals surface area contributed by atoms with Crippen molar-refractivity contribution < 1.29 is 9.66 Å². The number of nitrogens with one attached hydrogen (secondary N) is 1. The van der Waals surface area contributed by atoms with Gasteiger partial charge in [-0.15, -0.1) is 0 Å². The molecule has 0 fully saturated rings. The van der Waals surface area contributed by atoms with Crippen molar-refractivity contribution >= 4 is 11.5 Å². The number of nitro benzene ring substituents is 1. The molecule has 0 spiro atoms. The van der Waals surface area contributed by atoms with E-state index in [4.69, 9.17) is 4.74 Å². The maximum Gasteiger partial charge on any atom is 0.269 e. The van der Waals surface area contributed by atoms with Crippen LogP contribution in [-0.4, -0.2) is 23.6 Å². The van der Waals surface area contributed by atoms with Gasteiger partial charge in [-0.3, -0.25) is 10.1 Å². The minimum absolute atomic E-state index is 0.105. The third kappa shape index (κ3) is 3.44. The Morgan fingerprint density at radius 3 is 2.70 bits per heavy atom. The maximum absolute atomic E-state index is 10.6. The molecule has 0 bridgehead atoms. The number of nitro groups is 1. The Kier molecular flexibility index (Phi) is 4.49. The third-order valence-electron chi connectivity index (χ3n) is 2.84. The molecule has 1 aromatic carbocycles. The molecule has 0 saturated carbocycles. The summed E-state index contributed by atoms with van der Waals surface area (Å²) in [7, 11) is 1.60. The SMILES string of the molecule is COc1cccnc1NCCc1ccc([N+](=O)[O-])cc1. The number of methoxy groups -OCH3 is 1. The highest BCUT2D eigenvalue weighted by atomic mass is 16.6. The summed E-state index contributed by atoms with van der Waals surface area (Å²) in [4.78, 5) is 14.3. The number of hydrogen-bond acceptors (Lipinski definition) is 5. The Morgan fingerprint density at radius 2 is 2.05 bits per heavy atom. The highest BCUT2D eigenvalue weighted by molar-refractivity contribution is 5.49. The van der Waals surface area contributed by atoms with Gasteiger partial charge in [-0.1, -0.05) is 12.1 Å². The second kappa shape index (κ2) is 6.51. The van der Waals surface area contributed by atoms with Crippen LogP contribution in [0.1, 0.15) is 5.56 Å². The largest absolute Gasteiger partial charge is 0.493 e. The summed E-state index contributed by atoms with van der Waals surface area (Å²) in [6.07, 6.45) is 2.44. The molecule has 0 aliphatic heterocycles. The Morgan fingerprint density at radius 1 is 1.30 bits per heavy atom. The smallest absolute Gasteiger partial charge is 0.269 e. The number of benzene rings is 1. The average molecular weight is 273 g/mol. The molecule has 0 atom stereocenters. The highest BCUT2D eigenvalue weighted by Crippen LogP contribution is 2.20. The van der Waals surface area contributed by atoms with Crippen LogP contribution in [0.25, 0.3) is 0 Å². The van der Waals surface area contributed by atoms with Gasteiger partial charge in [0.1, 0.15) is 0 Å². The molecular formula is C14H15N3O3. The van der Waals surface area contributed by atoms with Gasteiger partial charge in [0.15, 0.2) is 11.6 Å². The van der Waals surface area contributed by atoms with Crippen LogP contribution in [-0.2, 0) is 6.42 Å². The van der Waals surface area contributed by atoms with Crippen molar-refractivity contribution in [2.45, 2.75) is 6.42 Å². The fourth-order valence-electron chi connectivity index (χ4n) is 1.80. The van der Waals surface area contributed by atoms with Crippen molar-refractivity contribution in [2.24, 2.45) is 0 Å². The van der Waals surface area contributed by atoms with Crippen LogP contribution >= 0.6 is 0 Å². The Bertz CT molecular complexity index is 584. The number of hydrogen-bond donors (Lipinski definition) is 1. The van der Waals surface area contributed by atoms with Crippen LogP contribution in [0.2, 0.25) is 0 Å². The van der Waals surface area contributed by atoms with E-state index in [1.165, 1.54) is 12.1 Å². The van der Waals surface area contributed by atoms with Crippen LogP contribution < -0.4 is 10.1 Å². The molecule has 6 heteroatoms.